The minimum Gasteiger partial charge on any atom is -0.493 e. The molecule has 0 N–H and O–H groups in total. The molecule has 27 heavy (non-hydrogen) atoms. The summed E-state index contributed by atoms with van der Waals surface area (Å²) in [6.07, 6.45) is 1.72. The van der Waals surface area contributed by atoms with Crippen LogP contribution in [0.15, 0.2) is 41.3 Å². The highest BCUT2D eigenvalue weighted by molar-refractivity contribution is 14.1. The minimum absolute atomic E-state index is 0.260. The van der Waals surface area contributed by atoms with Crippen LogP contribution in [0.4, 0.5) is 4.79 Å². The highest BCUT2D eigenvalue weighted by atomic mass is 127. The number of imide groups is 1. The molecule has 1 saturated heterocycles. The molecule has 5 nitrogen and oxygen atoms in total. The van der Waals surface area contributed by atoms with E-state index in [1.54, 1.807) is 26.4 Å². The summed E-state index contributed by atoms with van der Waals surface area (Å²) in [5.74, 6) is 0.941. The van der Waals surface area contributed by atoms with Gasteiger partial charge < -0.3 is 9.47 Å². The number of nitrogens with zero attached hydrogens (tertiary/aromatic N) is 1. The predicted octanol–water partition coefficient (Wildman–Crippen LogP) is 4.85. The number of hydrogen-bond acceptors (Lipinski definition) is 5. The van der Waals surface area contributed by atoms with E-state index >= 15 is 0 Å². The molecule has 2 amide bonds. The van der Waals surface area contributed by atoms with Crippen LogP contribution in [0.1, 0.15) is 16.7 Å². The van der Waals surface area contributed by atoms with Gasteiger partial charge in [0.1, 0.15) is 0 Å². The molecular weight excluding hydrogens is 477 g/mol. The van der Waals surface area contributed by atoms with Crippen molar-refractivity contribution < 1.29 is 19.1 Å². The number of thioether (sulfide) groups is 1. The third-order valence-electron chi connectivity index (χ3n) is 4.22. The van der Waals surface area contributed by atoms with Gasteiger partial charge in [0.2, 0.25) is 0 Å². The van der Waals surface area contributed by atoms with E-state index in [2.05, 4.69) is 22.6 Å². The van der Waals surface area contributed by atoms with Crippen molar-refractivity contribution in [3.63, 3.8) is 0 Å². The van der Waals surface area contributed by atoms with Crippen LogP contribution >= 0.6 is 34.4 Å². The second-order valence-electron chi connectivity index (χ2n) is 5.93. The Hall–Kier alpha value is -2.00. The Kier molecular flexibility index (Phi) is 6.11. The number of rotatable bonds is 5. The van der Waals surface area contributed by atoms with Gasteiger partial charge >= 0.3 is 0 Å². The molecule has 7 heteroatoms. The average Bonchev–Trinajstić information content (AvgIpc) is 2.90. The first-order chi connectivity index (χ1) is 12.9. The molecule has 0 aliphatic carbocycles. The Morgan fingerprint density at radius 1 is 1.15 bits per heavy atom. The number of ether oxygens (including phenoxy) is 2. The maximum absolute atomic E-state index is 12.8. The largest absolute Gasteiger partial charge is 0.493 e. The summed E-state index contributed by atoms with van der Waals surface area (Å²) in [7, 11) is 3.14. The van der Waals surface area contributed by atoms with E-state index in [1.807, 2.05) is 37.3 Å². The number of amides is 2. The van der Waals surface area contributed by atoms with Crippen LogP contribution in [0.2, 0.25) is 0 Å². The van der Waals surface area contributed by atoms with Crippen LogP contribution in [-0.2, 0) is 11.3 Å². The van der Waals surface area contributed by atoms with Gasteiger partial charge in [0, 0.05) is 0 Å². The fourth-order valence-electron chi connectivity index (χ4n) is 2.77. The van der Waals surface area contributed by atoms with Crippen LogP contribution in [0.3, 0.4) is 0 Å². The molecule has 2 aromatic rings. The summed E-state index contributed by atoms with van der Waals surface area (Å²) in [6, 6.07) is 11.4. The summed E-state index contributed by atoms with van der Waals surface area (Å²) in [5.41, 5.74) is 2.79. The summed E-state index contributed by atoms with van der Waals surface area (Å²) in [5, 5.41) is -0.260. The summed E-state index contributed by atoms with van der Waals surface area (Å²) < 4.78 is 11.6. The Bertz CT molecular complexity index is 942. The van der Waals surface area contributed by atoms with E-state index in [9.17, 15) is 9.59 Å². The summed E-state index contributed by atoms with van der Waals surface area (Å²) in [4.78, 5) is 26.8. The zero-order valence-corrected chi connectivity index (χ0v) is 18.1. The standard InChI is InChI=1S/C20H18INO4S/c1-12-6-4-5-7-14(12)11-22-19(23)17(27-20(22)24)10-13-8-15(21)18(26-3)16(9-13)25-2/h4-10H,11H2,1-3H3/b17-10-. The van der Waals surface area contributed by atoms with Gasteiger partial charge in [-0.1, -0.05) is 24.3 Å². The molecule has 140 valence electrons. The summed E-state index contributed by atoms with van der Waals surface area (Å²) in [6.45, 7) is 2.24. The fraction of sp³-hybridized carbons (Fsp3) is 0.200. The monoisotopic (exact) mass is 495 g/mol. The molecule has 0 atom stereocenters. The zero-order valence-electron chi connectivity index (χ0n) is 15.1. The molecule has 1 aliphatic rings. The normalized spacial score (nSPS) is 15.6. The quantitative estimate of drug-likeness (QED) is 0.439. The minimum atomic E-state index is -0.280. The Morgan fingerprint density at radius 2 is 1.89 bits per heavy atom. The van der Waals surface area contributed by atoms with Gasteiger partial charge in [-0.2, -0.15) is 0 Å². The number of halogens is 1. The van der Waals surface area contributed by atoms with Gasteiger partial charge in [-0.25, -0.2) is 0 Å². The second kappa shape index (κ2) is 8.35. The Balaban J connectivity index is 1.88. The first kappa shape index (κ1) is 19.8. The number of carbonyl (C=O) groups excluding carboxylic acids is 2. The first-order valence-corrected chi connectivity index (χ1v) is 10.1. The highest BCUT2D eigenvalue weighted by Crippen LogP contribution is 2.37. The van der Waals surface area contributed by atoms with Gasteiger partial charge in [0.25, 0.3) is 11.1 Å². The molecule has 0 unspecified atom stereocenters. The van der Waals surface area contributed by atoms with Crippen molar-refractivity contribution in [3.05, 3.63) is 61.6 Å². The molecule has 0 radical (unpaired) electrons. The molecule has 0 spiro atoms. The van der Waals surface area contributed by atoms with Crippen molar-refractivity contribution in [2.45, 2.75) is 13.5 Å². The van der Waals surface area contributed by atoms with Crippen molar-refractivity contribution in [3.8, 4) is 11.5 Å². The highest BCUT2D eigenvalue weighted by Gasteiger charge is 2.35. The zero-order chi connectivity index (χ0) is 19.6. The van der Waals surface area contributed by atoms with Gasteiger partial charge in [0.15, 0.2) is 11.5 Å². The van der Waals surface area contributed by atoms with Crippen molar-refractivity contribution in [2.24, 2.45) is 0 Å². The molecule has 1 aliphatic heterocycles. The van der Waals surface area contributed by atoms with E-state index in [0.717, 1.165) is 32.0 Å². The molecular formula is C20H18INO4S. The van der Waals surface area contributed by atoms with Crippen molar-refractivity contribution >= 4 is 51.6 Å². The number of benzene rings is 2. The third kappa shape index (κ3) is 4.14. The Labute approximate surface area is 175 Å². The molecule has 3 rings (SSSR count). The first-order valence-electron chi connectivity index (χ1n) is 8.16. The molecule has 0 saturated carbocycles. The molecule has 1 fully saturated rings. The molecule has 0 bridgehead atoms. The van der Waals surface area contributed by atoms with Gasteiger partial charge in [0.05, 0.1) is 29.2 Å². The lowest BCUT2D eigenvalue weighted by molar-refractivity contribution is -0.123. The van der Waals surface area contributed by atoms with E-state index < -0.39 is 0 Å². The van der Waals surface area contributed by atoms with Gasteiger partial charge in [-0.15, -0.1) is 0 Å². The lowest BCUT2D eigenvalue weighted by atomic mass is 10.1. The van der Waals surface area contributed by atoms with Gasteiger partial charge in [-0.3, -0.25) is 14.5 Å². The van der Waals surface area contributed by atoms with E-state index in [-0.39, 0.29) is 17.7 Å². The van der Waals surface area contributed by atoms with Crippen molar-refractivity contribution in [2.75, 3.05) is 14.2 Å². The second-order valence-corrected chi connectivity index (χ2v) is 8.09. The average molecular weight is 495 g/mol. The number of aryl methyl sites for hydroxylation is 1. The number of hydrogen-bond donors (Lipinski definition) is 0. The van der Waals surface area contributed by atoms with E-state index in [4.69, 9.17) is 9.47 Å². The van der Waals surface area contributed by atoms with Crippen LogP contribution in [0, 0.1) is 10.5 Å². The SMILES string of the molecule is COc1cc(/C=C2\SC(=O)N(Cc3ccccc3C)C2=O)cc(I)c1OC. The van der Waals surface area contributed by atoms with Crippen LogP contribution in [0.5, 0.6) is 11.5 Å². The maximum Gasteiger partial charge on any atom is 0.293 e. The predicted molar refractivity (Wildman–Crippen MR) is 115 cm³/mol. The van der Waals surface area contributed by atoms with E-state index in [1.165, 1.54) is 4.90 Å². The molecule has 2 aromatic carbocycles. The fourth-order valence-corrected chi connectivity index (χ4v) is 4.45. The van der Waals surface area contributed by atoms with Crippen molar-refractivity contribution in [1.82, 2.24) is 4.90 Å². The summed E-state index contributed by atoms with van der Waals surface area (Å²) >= 11 is 3.11. The van der Waals surface area contributed by atoms with Crippen LogP contribution in [-0.4, -0.2) is 30.3 Å². The Morgan fingerprint density at radius 3 is 2.56 bits per heavy atom. The topological polar surface area (TPSA) is 55.8 Å². The third-order valence-corrected chi connectivity index (χ3v) is 5.93. The van der Waals surface area contributed by atoms with E-state index in [0.29, 0.717) is 16.4 Å². The number of methoxy groups -OCH3 is 2. The lowest BCUT2D eigenvalue weighted by Gasteiger charge is -2.14. The molecule has 0 aromatic heterocycles. The van der Waals surface area contributed by atoms with Crippen LogP contribution < -0.4 is 9.47 Å². The lowest BCUT2D eigenvalue weighted by Crippen LogP contribution is -2.27. The maximum atomic E-state index is 12.8. The number of carbonyl (C=O) groups is 2. The molecule has 1 heterocycles. The smallest absolute Gasteiger partial charge is 0.293 e. The van der Waals surface area contributed by atoms with Gasteiger partial charge in [-0.05, 0) is 76.2 Å². The van der Waals surface area contributed by atoms with Crippen molar-refractivity contribution in [1.29, 1.82) is 0 Å². The van der Waals surface area contributed by atoms with Crippen LogP contribution in [0.25, 0.3) is 6.08 Å².